The molecule has 3 heteroatoms. The molecule has 0 radical (unpaired) electrons. The number of hydrogen-bond acceptors (Lipinski definition) is 3. The van der Waals surface area contributed by atoms with Gasteiger partial charge in [0.2, 0.25) is 0 Å². The normalized spacial score (nSPS) is 16.2. The van der Waals surface area contributed by atoms with Crippen LogP contribution in [0.2, 0.25) is 0 Å². The molecule has 0 aliphatic carbocycles. The molecule has 0 amide bonds. The highest BCUT2D eigenvalue weighted by Gasteiger charge is 2.12. The van der Waals surface area contributed by atoms with Crippen LogP contribution in [0.25, 0.3) is 10.8 Å². The largest absolute Gasteiger partial charge is 0.392 e. The Morgan fingerprint density at radius 2 is 1.68 bits per heavy atom. The van der Waals surface area contributed by atoms with Crippen molar-refractivity contribution in [2.75, 3.05) is 6.54 Å². The lowest BCUT2D eigenvalue weighted by atomic mass is 10.0. The van der Waals surface area contributed by atoms with Gasteiger partial charge in [-0.2, -0.15) is 0 Å². The molecule has 0 spiro atoms. The second kappa shape index (κ2) is 6.15. The summed E-state index contributed by atoms with van der Waals surface area (Å²) < 4.78 is 0. The van der Waals surface area contributed by atoms with Crippen molar-refractivity contribution in [3.05, 3.63) is 48.0 Å². The average Bonchev–Trinajstić information content (AvgIpc) is 2.43. The van der Waals surface area contributed by atoms with Gasteiger partial charge in [-0.25, -0.2) is 0 Å². The molecule has 3 nitrogen and oxygen atoms in total. The Kier molecular flexibility index (Phi) is 4.53. The van der Waals surface area contributed by atoms with Gasteiger partial charge in [-0.15, -0.1) is 0 Å². The minimum Gasteiger partial charge on any atom is -0.392 e. The van der Waals surface area contributed by atoms with Crippen molar-refractivity contribution in [3.63, 3.8) is 0 Å². The highest BCUT2D eigenvalue weighted by molar-refractivity contribution is 5.83. The number of rotatable bonds is 5. The molecule has 3 atom stereocenters. The van der Waals surface area contributed by atoms with E-state index in [0.717, 1.165) is 10.9 Å². The fraction of sp³-hybridized carbons (Fsp3) is 0.375. The fourth-order valence-electron chi connectivity index (χ4n) is 2.00. The Morgan fingerprint density at radius 3 is 2.37 bits per heavy atom. The van der Waals surface area contributed by atoms with Crippen LogP contribution in [-0.2, 0) is 0 Å². The predicted octanol–water partition coefficient (Wildman–Crippen LogP) is 2.23. The molecule has 0 heterocycles. The zero-order valence-electron chi connectivity index (χ0n) is 11.4. The summed E-state index contributed by atoms with van der Waals surface area (Å²) in [6.45, 7) is 4.07. The van der Waals surface area contributed by atoms with E-state index in [1.54, 1.807) is 6.92 Å². The third-order valence-electron chi connectivity index (χ3n) is 3.52. The van der Waals surface area contributed by atoms with Gasteiger partial charge in [0.25, 0.3) is 0 Å². The van der Waals surface area contributed by atoms with Crippen molar-refractivity contribution in [1.29, 1.82) is 0 Å². The molecule has 2 rings (SSSR count). The van der Waals surface area contributed by atoms with Gasteiger partial charge < -0.3 is 15.5 Å². The minimum atomic E-state index is -0.564. The summed E-state index contributed by atoms with van der Waals surface area (Å²) in [7, 11) is 0. The van der Waals surface area contributed by atoms with Crippen LogP contribution in [0.3, 0.4) is 0 Å². The molecular formula is C16H21NO2. The van der Waals surface area contributed by atoms with Crippen molar-refractivity contribution in [2.45, 2.75) is 32.1 Å². The summed E-state index contributed by atoms with van der Waals surface area (Å²) in [5.41, 5.74) is 0.893. The standard InChI is InChI=1S/C16H21NO2/c1-11(12(2)18)17-10-16(19)15-8-7-13-5-3-4-6-14(13)9-15/h3-9,11-12,16-19H,10H2,1-2H3/t11-,12+,16-/m1/s1. The van der Waals surface area contributed by atoms with Gasteiger partial charge in [0, 0.05) is 12.6 Å². The molecule has 2 aromatic carbocycles. The van der Waals surface area contributed by atoms with Gasteiger partial charge >= 0.3 is 0 Å². The van der Waals surface area contributed by atoms with Gasteiger partial charge in [-0.3, -0.25) is 0 Å². The third kappa shape index (κ3) is 3.53. The van der Waals surface area contributed by atoms with Crippen molar-refractivity contribution >= 4 is 10.8 Å². The van der Waals surface area contributed by atoms with Crippen LogP contribution in [0.15, 0.2) is 42.5 Å². The van der Waals surface area contributed by atoms with Crippen LogP contribution >= 0.6 is 0 Å². The van der Waals surface area contributed by atoms with E-state index in [1.165, 1.54) is 5.39 Å². The van der Waals surface area contributed by atoms with Crippen molar-refractivity contribution in [2.24, 2.45) is 0 Å². The van der Waals surface area contributed by atoms with Crippen LogP contribution in [0, 0.1) is 0 Å². The fourth-order valence-corrected chi connectivity index (χ4v) is 2.00. The average molecular weight is 259 g/mol. The van der Waals surface area contributed by atoms with E-state index >= 15 is 0 Å². The molecular weight excluding hydrogens is 238 g/mol. The van der Waals surface area contributed by atoms with E-state index in [1.807, 2.05) is 43.3 Å². The molecule has 0 fully saturated rings. The van der Waals surface area contributed by atoms with Crippen molar-refractivity contribution < 1.29 is 10.2 Å². The number of aliphatic hydroxyl groups excluding tert-OH is 2. The Bertz CT molecular complexity index is 539. The van der Waals surface area contributed by atoms with Gasteiger partial charge in [0.15, 0.2) is 0 Å². The van der Waals surface area contributed by atoms with Crippen LogP contribution in [-0.4, -0.2) is 28.9 Å². The molecule has 0 saturated heterocycles. The van der Waals surface area contributed by atoms with Crippen LogP contribution in [0.4, 0.5) is 0 Å². The van der Waals surface area contributed by atoms with Gasteiger partial charge in [0.05, 0.1) is 12.2 Å². The summed E-state index contributed by atoms with van der Waals surface area (Å²) in [6.07, 6.45) is -0.991. The van der Waals surface area contributed by atoms with E-state index in [2.05, 4.69) is 11.4 Å². The topological polar surface area (TPSA) is 52.5 Å². The first kappa shape index (κ1) is 14.0. The Hall–Kier alpha value is -1.42. The van der Waals surface area contributed by atoms with E-state index in [-0.39, 0.29) is 6.04 Å². The maximum Gasteiger partial charge on any atom is 0.0914 e. The summed E-state index contributed by atoms with van der Waals surface area (Å²) >= 11 is 0. The molecule has 0 aromatic heterocycles. The van der Waals surface area contributed by atoms with Crippen LogP contribution < -0.4 is 5.32 Å². The molecule has 0 aliphatic rings. The molecule has 19 heavy (non-hydrogen) atoms. The van der Waals surface area contributed by atoms with Gasteiger partial charge in [0.1, 0.15) is 0 Å². The Balaban J connectivity index is 2.06. The highest BCUT2D eigenvalue weighted by Crippen LogP contribution is 2.20. The molecule has 0 saturated carbocycles. The van der Waals surface area contributed by atoms with Crippen molar-refractivity contribution in [3.8, 4) is 0 Å². The first-order valence-corrected chi connectivity index (χ1v) is 6.66. The monoisotopic (exact) mass is 259 g/mol. The quantitative estimate of drug-likeness (QED) is 0.772. The molecule has 102 valence electrons. The van der Waals surface area contributed by atoms with E-state index in [9.17, 15) is 10.2 Å². The lowest BCUT2D eigenvalue weighted by molar-refractivity contribution is 0.128. The van der Waals surface area contributed by atoms with Crippen molar-refractivity contribution in [1.82, 2.24) is 5.32 Å². The summed E-state index contributed by atoms with van der Waals surface area (Å²) in [6, 6.07) is 14.0. The third-order valence-corrected chi connectivity index (χ3v) is 3.52. The van der Waals surface area contributed by atoms with Gasteiger partial charge in [-0.1, -0.05) is 36.4 Å². The van der Waals surface area contributed by atoms with Crippen LogP contribution in [0.1, 0.15) is 25.5 Å². The number of fused-ring (bicyclic) bond motifs is 1. The highest BCUT2D eigenvalue weighted by atomic mass is 16.3. The smallest absolute Gasteiger partial charge is 0.0914 e. The Morgan fingerprint density at radius 1 is 1.00 bits per heavy atom. The first-order valence-electron chi connectivity index (χ1n) is 6.66. The maximum atomic E-state index is 10.2. The minimum absolute atomic E-state index is 0.0323. The first-order chi connectivity index (χ1) is 9.08. The number of aliphatic hydroxyl groups is 2. The van der Waals surface area contributed by atoms with E-state index in [0.29, 0.717) is 6.54 Å². The maximum absolute atomic E-state index is 10.2. The number of nitrogens with one attached hydrogen (secondary N) is 1. The number of hydrogen-bond donors (Lipinski definition) is 3. The lowest BCUT2D eigenvalue weighted by Gasteiger charge is -2.19. The van der Waals surface area contributed by atoms with E-state index < -0.39 is 12.2 Å². The zero-order valence-corrected chi connectivity index (χ0v) is 11.4. The molecule has 2 aromatic rings. The molecule has 3 N–H and O–H groups in total. The van der Waals surface area contributed by atoms with E-state index in [4.69, 9.17) is 0 Å². The molecule has 0 bridgehead atoms. The second-order valence-corrected chi connectivity index (χ2v) is 5.06. The SMILES string of the molecule is C[C@H](O)[C@@H](C)NC[C@@H](O)c1ccc2ccccc2c1. The predicted molar refractivity (Wildman–Crippen MR) is 78.1 cm³/mol. The summed E-state index contributed by atoms with van der Waals surface area (Å²) in [5.74, 6) is 0. The zero-order chi connectivity index (χ0) is 13.8. The second-order valence-electron chi connectivity index (χ2n) is 5.06. The Labute approximate surface area is 113 Å². The summed E-state index contributed by atoms with van der Waals surface area (Å²) in [4.78, 5) is 0. The summed E-state index contributed by atoms with van der Waals surface area (Å²) in [5, 5.41) is 25.0. The molecule has 0 unspecified atom stereocenters. The van der Waals surface area contributed by atoms with Gasteiger partial charge in [-0.05, 0) is 36.2 Å². The van der Waals surface area contributed by atoms with Crippen LogP contribution in [0.5, 0.6) is 0 Å². The lowest BCUT2D eigenvalue weighted by Crippen LogP contribution is -2.37. The number of benzene rings is 2. The molecule has 0 aliphatic heterocycles.